The predicted octanol–water partition coefficient (Wildman–Crippen LogP) is 4.04. The molecule has 0 aromatic heterocycles. The number of nitro groups is 1. The van der Waals surface area contributed by atoms with Gasteiger partial charge in [-0.15, -0.1) is 0 Å². The van der Waals surface area contributed by atoms with Crippen molar-refractivity contribution in [1.82, 2.24) is 0 Å². The molecule has 6 nitrogen and oxygen atoms in total. The summed E-state index contributed by atoms with van der Waals surface area (Å²) in [6.07, 6.45) is 2.03. The maximum atomic E-state index is 11.0. The van der Waals surface area contributed by atoms with E-state index in [0.717, 1.165) is 28.1 Å². The van der Waals surface area contributed by atoms with E-state index in [1.54, 1.807) is 0 Å². The first kappa shape index (κ1) is 14.6. The number of anilines is 1. The largest absolute Gasteiger partial charge is 0.507 e. The van der Waals surface area contributed by atoms with Gasteiger partial charge >= 0.3 is 0 Å². The lowest BCUT2D eigenvalue weighted by atomic mass is 9.89. The molecule has 2 N–H and O–H groups in total. The van der Waals surface area contributed by atoms with Gasteiger partial charge < -0.3 is 15.2 Å². The minimum absolute atomic E-state index is 0.0123. The minimum Gasteiger partial charge on any atom is -0.507 e. The zero-order chi connectivity index (χ0) is 17.1. The van der Waals surface area contributed by atoms with Gasteiger partial charge in [0.25, 0.3) is 5.69 Å². The summed E-state index contributed by atoms with van der Waals surface area (Å²) in [7, 11) is 0. The van der Waals surface area contributed by atoms with Gasteiger partial charge in [0.1, 0.15) is 18.1 Å². The lowest BCUT2D eigenvalue weighted by Crippen LogP contribution is -2.31. The first-order valence-electron chi connectivity index (χ1n) is 7.63. The van der Waals surface area contributed by atoms with Crippen LogP contribution in [0.5, 0.6) is 5.75 Å². The van der Waals surface area contributed by atoms with E-state index >= 15 is 0 Å². The Morgan fingerprint density at radius 3 is 2.79 bits per heavy atom. The van der Waals surface area contributed by atoms with E-state index in [0.29, 0.717) is 12.2 Å². The molecule has 0 atom stereocenters. The van der Waals surface area contributed by atoms with E-state index in [1.807, 2.05) is 18.2 Å². The van der Waals surface area contributed by atoms with Crippen molar-refractivity contribution in [3.8, 4) is 16.9 Å². The van der Waals surface area contributed by atoms with Crippen LogP contribution in [0.3, 0.4) is 0 Å². The molecule has 0 saturated heterocycles. The number of phenolic OH excluding ortho intramolecular Hbond substituents is 1. The molecule has 6 heteroatoms. The molecule has 24 heavy (non-hydrogen) atoms. The Morgan fingerprint density at radius 2 is 2.04 bits per heavy atom. The predicted molar refractivity (Wildman–Crippen MR) is 90.7 cm³/mol. The standard InChI is InChI=1S/C18H16N2O4/c1-18(2)8-16-17-13(9-24-16)11(4-5-14(17)19-18)12-7-10(20(22)23)3-6-15(12)21/h3-8,19,21H,9H2,1-2H3. The summed E-state index contributed by atoms with van der Waals surface area (Å²) in [5.74, 6) is 0.828. The van der Waals surface area contributed by atoms with Gasteiger partial charge in [-0.1, -0.05) is 6.07 Å². The number of rotatable bonds is 2. The Kier molecular flexibility index (Phi) is 2.87. The van der Waals surface area contributed by atoms with E-state index < -0.39 is 4.92 Å². The second-order valence-corrected chi connectivity index (χ2v) is 6.62. The van der Waals surface area contributed by atoms with Crippen molar-refractivity contribution in [2.45, 2.75) is 26.0 Å². The molecule has 0 saturated carbocycles. The number of benzene rings is 2. The Labute approximate surface area is 138 Å². The normalized spacial score (nSPS) is 16.7. The molecule has 0 amide bonds. The zero-order valence-corrected chi connectivity index (χ0v) is 13.3. The average molecular weight is 324 g/mol. The zero-order valence-electron chi connectivity index (χ0n) is 13.3. The number of aromatic hydroxyl groups is 1. The summed E-state index contributed by atoms with van der Waals surface area (Å²) < 4.78 is 5.83. The molecule has 0 unspecified atom stereocenters. The van der Waals surface area contributed by atoms with Gasteiger partial charge in [0.15, 0.2) is 0 Å². The van der Waals surface area contributed by atoms with Crippen LogP contribution in [0.4, 0.5) is 11.4 Å². The summed E-state index contributed by atoms with van der Waals surface area (Å²) in [5, 5.41) is 24.7. The van der Waals surface area contributed by atoms with Crippen LogP contribution >= 0.6 is 0 Å². The molecular weight excluding hydrogens is 308 g/mol. The lowest BCUT2D eigenvalue weighted by Gasteiger charge is -2.30. The van der Waals surface area contributed by atoms with Gasteiger partial charge in [-0.05, 0) is 37.6 Å². The van der Waals surface area contributed by atoms with Crippen LogP contribution in [0.15, 0.2) is 36.4 Å². The summed E-state index contributed by atoms with van der Waals surface area (Å²) >= 11 is 0. The van der Waals surface area contributed by atoms with Crippen LogP contribution in [0, 0.1) is 10.1 Å². The van der Waals surface area contributed by atoms with Gasteiger partial charge in [0.2, 0.25) is 0 Å². The third kappa shape index (κ3) is 2.11. The Bertz CT molecular complexity index is 915. The fourth-order valence-electron chi connectivity index (χ4n) is 3.34. The van der Waals surface area contributed by atoms with Crippen LogP contribution in [0.25, 0.3) is 16.9 Å². The van der Waals surface area contributed by atoms with Gasteiger partial charge in [0, 0.05) is 34.5 Å². The summed E-state index contributed by atoms with van der Waals surface area (Å²) in [4.78, 5) is 10.6. The van der Waals surface area contributed by atoms with E-state index in [-0.39, 0.29) is 17.0 Å². The number of hydrogen-bond acceptors (Lipinski definition) is 5. The van der Waals surface area contributed by atoms with Crippen LogP contribution in [0.2, 0.25) is 0 Å². The highest BCUT2D eigenvalue weighted by molar-refractivity contribution is 5.89. The molecule has 0 bridgehead atoms. The van der Waals surface area contributed by atoms with Gasteiger partial charge in [-0.3, -0.25) is 10.1 Å². The summed E-state index contributed by atoms with van der Waals surface area (Å²) in [6, 6.07) is 7.84. The molecule has 122 valence electrons. The fraction of sp³-hybridized carbons (Fsp3) is 0.222. The quantitative estimate of drug-likeness (QED) is 0.643. The van der Waals surface area contributed by atoms with E-state index in [9.17, 15) is 15.2 Å². The van der Waals surface area contributed by atoms with Crippen LogP contribution in [-0.4, -0.2) is 15.6 Å². The number of nitrogens with one attached hydrogen (secondary N) is 1. The molecule has 0 aliphatic carbocycles. The van der Waals surface area contributed by atoms with Crippen LogP contribution < -0.4 is 5.32 Å². The highest BCUT2D eigenvalue weighted by atomic mass is 16.6. The van der Waals surface area contributed by atoms with Gasteiger partial charge in [-0.25, -0.2) is 0 Å². The fourth-order valence-corrected chi connectivity index (χ4v) is 3.34. The molecule has 2 aromatic carbocycles. The summed E-state index contributed by atoms with van der Waals surface area (Å²) in [5.41, 5.74) is 3.80. The van der Waals surface area contributed by atoms with Gasteiger partial charge in [0.05, 0.1) is 10.5 Å². The lowest BCUT2D eigenvalue weighted by molar-refractivity contribution is -0.384. The first-order valence-corrected chi connectivity index (χ1v) is 7.63. The van der Waals surface area contributed by atoms with Crippen molar-refractivity contribution in [3.63, 3.8) is 0 Å². The average Bonchev–Trinajstić information content (AvgIpc) is 2.92. The van der Waals surface area contributed by atoms with Crippen molar-refractivity contribution in [2.24, 2.45) is 0 Å². The Hall–Kier alpha value is -3.02. The topological polar surface area (TPSA) is 84.6 Å². The highest BCUT2D eigenvalue weighted by Crippen LogP contribution is 2.47. The number of nitrogens with zero attached hydrogens (tertiary/aromatic N) is 1. The molecular formula is C18H16N2O4. The Balaban J connectivity index is 1.92. The van der Waals surface area contributed by atoms with E-state index in [4.69, 9.17) is 4.74 Å². The molecule has 2 aromatic rings. The van der Waals surface area contributed by atoms with Crippen molar-refractivity contribution in [2.75, 3.05) is 5.32 Å². The highest BCUT2D eigenvalue weighted by Gasteiger charge is 2.33. The smallest absolute Gasteiger partial charge is 0.270 e. The molecule has 2 aliphatic rings. The number of ether oxygens (including phenoxy) is 1. The van der Waals surface area contributed by atoms with Crippen molar-refractivity contribution >= 4 is 17.1 Å². The molecule has 0 radical (unpaired) electrons. The van der Waals surface area contributed by atoms with Gasteiger partial charge in [-0.2, -0.15) is 0 Å². The van der Waals surface area contributed by atoms with Crippen molar-refractivity contribution in [3.05, 3.63) is 57.6 Å². The third-order valence-corrected chi connectivity index (χ3v) is 4.36. The maximum Gasteiger partial charge on any atom is 0.270 e. The molecule has 2 heterocycles. The molecule has 0 spiro atoms. The molecule has 2 aliphatic heterocycles. The maximum absolute atomic E-state index is 11.0. The van der Waals surface area contributed by atoms with E-state index in [1.165, 1.54) is 18.2 Å². The Morgan fingerprint density at radius 1 is 1.25 bits per heavy atom. The SMILES string of the molecule is CC1(C)C=C2OCc3c(-c4cc([N+](=O)[O-])ccc4O)ccc(c32)N1. The molecule has 0 fully saturated rings. The van der Waals surface area contributed by atoms with Crippen LogP contribution in [0.1, 0.15) is 25.0 Å². The van der Waals surface area contributed by atoms with Crippen LogP contribution in [-0.2, 0) is 11.3 Å². The second-order valence-electron chi connectivity index (χ2n) is 6.62. The van der Waals surface area contributed by atoms with E-state index in [2.05, 4.69) is 19.2 Å². The monoisotopic (exact) mass is 324 g/mol. The molecule has 4 rings (SSSR count). The number of nitro benzene ring substituents is 1. The summed E-state index contributed by atoms with van der Waals surface area (Å²) in [6.45, 7) is 4.50. The number of phenols is 1. The van der Waals surface area contributed by atoms with Crippen molar-refractivity contribution in [1.29, 1.82) is 0 Å². The first-order chi connectivity index (χ1) is 11.4. The van der Waals surface area contributed by atoms with Crippen molar-refractivity contribution < 1.29 is 14.8 Å². The third-order valence-electron chi connectivity index (χ3n) is 4.36. The number of non-ortho nitro benzene ring substituents is 1. The minimum atomic E-state index is -0.466. The second kappa shape index (κ2) is 4.74. The number of hydrogen-bond donors (Lipinski definition) is 2.